The van der Waals surface area contributed by atoms with Gasteiger partial charge in [-0.15, -0.1) is 0 Å². The molecule has 1 aromatic heterocycles. The van der Waals surface area contributed by atoms with Crippen molar-refractivity contribution in [3.63, 3.8) is 0 Å². The Kier molecular flexibility index (Phi) is 11.1. The molecule has 1 fully saturated rings. The minimum absolute atomic E-state index is 0.194. The molecule has 0 aliphatic carbocycles. The molecule has 2 heterocycles. The highest BCUT2D eigenvalue weighted by Crippen LogP contribution is 2.33. The number of fused-ring (bicyclic) bond motifs is 1. The second-order valence-corrected chi connectivity index (χ2v) is 13.3. The number of esters is 2. The predicted octanol–water partition coefficient (Wildman–Crippen LogP) is 7.57. The van der Waals surface area contributed by atoms with Crippen molar-refractivity contribution in [2.75, 3.05) is 13.2 Å². The van der Waals surface area contributed by atoms with Crippen LogP contribution in [0.2, 0.25) is 0 Å². The zero-order valence-electron chi connectivity index (χ0n) is 26.9. The number of carbonyl (C=O) groups excluding carboxylic acids is 2. The molecule has 0 saturated carbocycles. The molecule has 0 amide bonds. The van der Waals surface area contributed by atoms with Gasteiger partial charge in [-0.3, -0.25) is 4.79 Å². The Labute approximate surface area is 261 Å². The van der Waals surface area contributed by atoms with Crippen molar-refractivity contribution in [3.8, 4) is 11.8 Å². The lowest BCUT2D eigenvalue weighted by Crippen LogP contribution is -2.40. The minimum atomic E-state index is -1.25. The molecule has 6 heteroatoms. The Morgan fingerprint density at radius 3 is 2.32 bits per heavy atom. The third kappa shape index (κ3) is 9.09. The maximum Gasteiger partial charge on any atom is 0.334 e. The van der Waals surface area contributed by atoms with E-state index < -0.39 is 30.1 Å². The maximum absolute atomic E-state index is 12.9. The molecule has 0 bridgehead atoms. The van der Waals surface area contributed by atoms with E-state index in [-0.39, 0.29) is 13.0 Å². The number of hydrogen-bond donors (Lipinski definition) is 1. The fraction of sp³-hybridized carbons (Fsp3) is 0.474. The first-order chi connectivity index (χ1) is 20.9. The average Bonchev–Trinajstić information content (AvgIpc) is 3.53. The Morgan fingerprint density at radius 1 is 1.00 bits per heavy atom. The summed E-state index contributed by atoms with van der Waals surface area (Å²) >= 11 is 0. The molecular formula is C38H46O6. The average molecular weight is 599 g/mol. The highest BCUT2D eigenvalue weighted by molar-refractivity contribution is 5.91. The van der Waals surface area contributed by atoms with Crippen LogP contribution in [0.4, 0.5) is 0 Å². The summed E-state index contributed by atoms with van der Waals surface area (Å²) in [4.78, 5) is 25.6. The Bertz CT molecular complexity index is 1520. The molecule has 1 saturated heterocycles. The van der Waals surface area contributed by atoms with E-state index in [2.05, 4.69) is 39.5 Å². The minimum Gasteiger partial charge on any atom is -0.461 e. The summed E-state index contributed by atoms with van der Waals surface area (Å²) < 4.78 is 17.2. The van der Waals surface area contributed by atoms with Crippen LogP contribution in [0.5, 0.6) is 0 Å². The van der Waals surface area contributed by atoms with Crippen LogP contribution in [0.1, 0.15) is 82.8 Å². The van der Waals surface area contributed by atoms with Gasteiger partial charge in [0.1, 0.15) is 18.0 Å². The topological polar surface area (TPSA) is 86.0 Å². The maximum atomic E-state index is 12.9. The summed E-state index contributed by atoms with van der Waals surface area (Å²) in [7, 11) is 0. The highest BCUT2D eigenvalue weighted by Gasteiger charge is 2.44. The molecule has 6 nitrogen and oxygen atoms in total. The number of cyclic esters (lactones) is 1. The molecule has 3 aromatic rings. The first-order valence-electron chi connectivity index (χ1n) is 15.8. The van der Waals surface area contributed by atoms with Crippen LogP contribution in [0, 0.1) is 42.4 Å². The fourth-order valence-electron chi connectivity index (χ4n) is 5.79. The monoisotopic (exact) mass is 598 g/mol. The van der Waals surface area contributed by atoms with E-state index in [9.17, 15) is 14.7 Å². The molecular weight excluding hydrogens is 552 g/mol. The molecule has 0 unspecified atom stereocenters. The number of ether oxygens (including phenoxy) is 2. The van der Waals surface area contributed by atoms with Crippen molar-refractivity contribution in [2.24, 2.45) is 23.7 Å². The fourth-order valence-corrected chi connectivity index (χ4v) is 5.79. The zero-order valence-corrected chi connectivity index (χ0v) is 26.9. The Morgan fingerprint density at radius 2 is 1.66 bits per heavy atom. The van der Waals surface area contributed by atoms with Crippen molar-refractivity contribution < 1.29 is 28.6 Å². The van der Waals surface area contributed by atoms with Crippen LogP contribution < -0.4 is 0 Å². The molecule has 1 aliphatic rings. The van der Waals surface area contributed by atoms with Gasteiger partial charge >= 0.3 is 11.9 Å². The van der Waals surface area contributed by atoms with Gasteiger partial charge in [-0.25, -0.2) is 4.79 Å². The summed E-state index contributed by atoms with van der Waals surface area (Å²) in [5.74, 6) is 7.28. The van der Waals surface area contributed by atoms with Gasteiger partial charge in [-0.1, -0.05) is 70.2 Å². The van der Waals surface area contributed by atoms with Crippen molar-refractivity contribution in [2.45, 2.75) is 79.2 Å². The number of hydrogen-bond acceptors (Lipinski definition) is 6. The van der Waals surface area contributed by atoms with E-state index in [1.54, 1.807) is 6.92 Å². The van der Waals surface area contributed by atoms with E-state index in [1.807, 2.05) is 61.5 Å². The van der Waals surface area contributed by atoms with Gasteiger partial charge in [0, 0.05) is 34.9 Å². The Hall–Kier alpha value is -3.82. The van der Waals surface area contributed by atoms with Crippen LogP contribution >= 0.6 is 0 Å². The first kappa shape index (κ1) is 33.1. The molecule has 44 heavy (non-hydrogen) atoms. The van der Waals surface area contributed by atoms with Crippen LogP contribution in [0.15, 0.2) is 64.6 Å². The van der Waals surface area contributed by atoms with Crippen LogP contribution in [-0.4, -0.2) is 35.9 Å². The largest absolute Gasteiger partial charge is 0.461 e. The Balaban J connectivity index is 1.34. The summed E-state index contributed by atoms with van der Waals surface area (Å²) in [6.07, 6.45) is 5.50. The lowest BCUT2D eigenvalue weighted by molar-refractivity contribution is -0.168. The first-order valence-corrected chi connectivity index (χ1v) is 15.8. The molecule has 4 rings (SSSR count). The van der Waals surface area contributed by atoms with Crippen LogP contribution in [0.25, 0.3) is 11.0 Å². The lowest BCUT2D eigenvalue weighted by atomic mass is 9.86. The SMILES string of the molecule is Cc1ccc(C#Cc2ccc3cc(C[C@H](C)C(=O)OC[C@]4(CO)C/C(=C\CC(CC(C)C)CC(C)C)C(=O)O4)oc3c2)cc1. The summed E-state index contributed by atoms with van der Waals surface area (Å²) in [6, 6.07) is 15.8. The van der Waals surface area contributed by atoms with Crippen molar-refractivity contribution in [3.05, 3.63) is 82.6 Å². The smallest absolute Gasteiger partial charge is 0.334 e. The van der Waals surface area contributed by atoms with Gasteiger partial charge in [0.25, 0.3) is 0 Å². The van der Waals surface area contributed by atoms with Gasteiger partial charge in [0.05, 0.1) is 12.5 Å². The standard InChI is InChI=1S/C38H46O6/c1-25(2)17-31(18-26(3)4)14-16-33-22-38(23-39,44-37(33)41)24-42-36(40)28(6)19-34-21-32-15-13-30(20-35(32)43-34)12-11-29-9-7-27(5)8-10-29/h7-10,13,15-16,20-21,25-26,28,31,39H,14,17-19,22-24H2,1-6H3/b33-16+/t28-,38+/m0/s1. The number of carbonyl (C=O) groups is 2. The van der Waals surface area contributed by atoms with Gasteiger partial charge in [0.15, 0.2) is 5.60 Å². The quantitative estimate of drug-likeness (QED) is 0.132. The lowest BCUT2D eigenvalue weighted by Gasteiger charge is -2.25. The van der Waals surface area contributed by atoms with E-state index in [0.717, 1.165) is 35.8 Å². The number of aryl methyl sites for hydroxylation is 1. The van der Waals surface area contributed by atoms with Gasteiger partial charge in [-0.05, 0) is 80.3 Å². The molecule has 234 valence electrons. The molecule has 1 N–H and O–H groups in total. The summed E-state index contributed by atoms with van der Waals surface area (Å²) in [5.41, 5.74) is 2.98. The van der Waals surface area contributed by atoms with Crippen molar-refractivity contribution in [1.82, 2.24) is 0 Å². The second-order valence-electron chi connectivity index (χ2n) is 13.3. The predicted molar refractivity (Wildman–Crippen MR) is 173 cm³/mol. The van der Waals surface area contributed by atoms with E-state index >= 15 is 0 Å². The number of rotatable bonds is 12. The molecule has 2 atom stereocenters. The van der Waals surface area contributed by atoms with Gasteiger partial charge in [0.2, 0.25) is 0 Å². The van der Waals surface area contributed by atoms with Gasteiger partial charge in [-0.2, -0.15) is 0 Å². The van der Waals surface area contributed by atoms with E-state index in [4.69, 9.17) is 13.9 Å². The third-order valence-corrected chi connectivity index (χ3v) is 8.04. The molecule has 0 radical (unpaired) electrons. The van der Waals surface area contributed by atoms with Crippen LogP contribution in [0.3, 0.4) is 0 Å². The molecule has 2 aromatic carbocycles. The molecule has 0 spiro atoms. The van der Waals surface area contributed by atoms with E-state index in [1.165, 1.54) is 5.56 Å². The summed E-state index contributed by atoms with van der Waals surface area (Å²) in [5, 5.41) is 11.1. The second kappa shape index (κ2) is 14.8. The number of furan rings is 1. The number of aliphatic hydroxyl groups is 1. The highest BCUT2D eigenvalue weighted by atomic mass is 16.6. The third-order valence-electron chi connectivity index (χ3n) is 8.04. The molecule has 1 aliphatic heterocycles. The van der Waals surface area contributed by atoms with Crippen LogP contribution in [-0.2, 0) is 25.5 Å². The van der Waals surface area contributed by atoms with Crippen molar-refractivity contribution in [1.29, 1.82) is 0 Å². The summed E-state index contributed by atoms with van der Waals surface area (Å²) in [6.45, 7) is 12.1. The number of allylic oxidation sites excluding steroid dienone is 1. The zero-order chi connectivity index (χ0) is 31.9. The van der Waals surface area contributed by atoms with Gasteiger partial charge < -0.3 is 19.0 Å². The van der Waals surface area contributed by atoms with Crippen molar-refractivity contribution >= 4 is 22.9 Å². The number of benzene rings is 2. The number of aliphatic hydroxyl groups excluding tert-OH is 1. The van der Waals surface area contributed by atoms with E-state index in [0.29, 0.717) is 41.1 Å². The normalized spacial score (nSPS) is 18.2.